The molecule has 4 amide bonds. The van der Waals surface area contributed by atoms with E-state index in [-0.39, 0.29) is 18.6 Å². The fourth-order valence-electron chi connectivity index (χ4n) is 3.56. The van der Waals surface area contributed by atoms with E-state index in [9.17, 15) is 29.1 Å². The van der Waals surface area contributed by atoms with Crippen molar-refractivity contribution in [3.63, 3.8) is 0 Å². The van der Waals surface area contributed by atoms with Crippen LogP contribution in [-0.2, 0) is 41.6 Å². The first kappa shape index (κ1) is 27.1. The lowest BCUT2D eigenvalue weighted by Gasteiger charge is -2.22. The maximum absolute atomic E-state index is 13.2. The second kappa shape index (κ2) is 12.0. The van der Waals surface area contributed by atoms with Crippen LogP contribution in [0.25, 0.3) is 0 Å². The monoisotopic (exact) mass is 512 g/mol. The van der Waals surface area contributed by atoms with Gasteiger partial charge in [-0.25, -0.2) is 0 Å². The summed E-state index contributed by atoms with van der Waals surface area (Å²) in [5.74, 6) is -4.17. The van der Waals surface area contributed by atoms with Crippen LogP contribution in [0.1, 0.15) is 16.7 Å². The number of aryl methyl sites for hydroxylation is 1. The highest BCUT2D eigenvalue weighted by Crippen LogP contribution is 2.23. The zero-order chi connectivity index (χ0) is 27.1. The maximum Gasteiger partial charge on any atom is 0.322 e. The third-order valence-electron chi connectivity index (χ3n) is 5.65. The molecule has 1 unspecified atom stereocenters. The molecule has 1 heterocycles. The van der Waals surface area contributed by atoms with Crippen LogP contribution in [0.4, 0.5) is 0 Å². The Morgan fingerprint density at radius 2 is 1.41 bits per heavy atom. The van der Waals surface area contributed by atoms with Crippen molar-refractivity contribution in [3.8, 4) is 5.75 Å². The molecule has 37 heavy (non-hydrogen) atoms. The SMILES string of the molecule is Cc1ccc(C[C@H](NC(=O)C2O[C@H]2C(=O)NCC(=O)O)C(=O)N[C@@H](Cc2ccc(O)cc2)C(N)=O)cc1. The first-order valence-corrected chi connectivity index (χ1v) is 11.4. The van der Waals surface area contributed by atoms with E-state index in [1.165, 1.54) is 12.1 Å². The molecule has 0 aromatic heterocycles. The molecule has 1 fully saturated rings. The standard InChI is InChI=1S/C25H28N4O8/c1-13-2-4-14(5-3-13)11-18(29-25(36)21-20(37-21)24(35)27-12-19(31)32)23(34)28-17(22(26)33)10-15-6-8-16(30)9-7-15/h2-9,17-18,20-21,30H,10-12H2,1H3,(H2,26,33)(H,27,35)(H,28,34)(H,29,36)(H,31,32)/t17-,18-,20+,21?/m0/s1. The number of nitrogens with two attached hydrogens (primary N) is 1. The number of ether oxygens (including phenoxy) is 1. The molecular formula is C25H28N4O8. The number of primary amides is 1. The van der Waals surface area contributed by atoms with Crippen LogP contribution in [0.5, 0.6) is 5.75 Å². The summed E-state index contributed by atoms with van der Waals surface area (Å²) in [4.78, 5) is 60.6. The van der Waals surface area contributed by atoms with E-state index in [1.54, 1.807) is 24.3 Å². The Bertz CT molecular complexity index is 1170. The third kappa shape index (κ3) is 8.04. The van der Waals surface area contributed by atoms with E-state index in [2.05, 4.69) is 16.0 Å². The van der Waals surface area contributed by atoms with Gasteiger partial charge in [0.05, 0.1) is 0 Å². The molecule has 0 spiro atoms. The van der Waals surface area contributed by atoms with Gasteiger partial charge in [-0.05, 0) is 30.2 Å². The first-order valence-electron chi connectivity index (χ1n) is 11.4. The van der Waals surface area contributed by atoms with Crippen LogP contribution in [0, 0.1) is 6.92 Å². The number of phenolic OH excluding ortho intramolecular Hbond substituents is 1. The predicted octanol–water partition coefficient (Wildman–Crippen LogP) is -1.09. The normalized spacial score (nSPS) is 17.6. The molecule has 3 rings (SSSR count). The van der Waals surface area contributed by atoms with Crippen LogP contribution in [0.2, 0.25) is 0 Å². The van der Waals surface area contributed by atoms with Crippen molar-refractivity contribution in [1.82, 2.24) is 16.0 Å². The summed E-state index contributed by atoms with van der Waals surface area (Å²) in [7, 11) is 0. The summed E-state index contributed by atoms with van der Waals surface area (Å²) in [5, 5.41) is 25.4. The quantitative estimate of drug-likeness (QED) is 0.193. The number of nitrogens with one attached hydrogen (secondary N) is 3. The highest BCUT2D eigenvalue weighted by atomic mass is 16.6. The van der Waals surface area contributed by atoms with Gasteiger partial charge in [-0.2, -0.15) is 0 Å². The summed E-state index contributed by atoms with van der Waals surface area (Å²) >= 11 is 0. The van der Waals surface area contributed by atoms with E-state index in [1.807, 2.05) is 19.1 Å². The van der Waals surface area contributed by atoms with Gasteiger partial charge in [0, 0.05) is 12.8 Å². The van der Waals surface area contributed by atoms with Crippen LogP contribution in [0.15, 0.2) is 48.5 Å². The summed E-state index contributed by atoms with van der Waals surface area (Å²) in [5.41, 5.74) is 7.87. The lowest BCUT2D eigenvalue weighted by atomic mass is 10.0. The molecule has 0 saturated carbocycles. The fraction of sp³-hybridized carbons (Fsp3) is 0.320. The number of carboxylic acid groups (broad SMARTS) is 1. The van der Waals surface area contributed by atoms with Gasteiger partial charge in [0.15, 0.2) is 12.2 Å². The minimum atomic E-state index is -1.25. The van der Waals surface area contributed by atoms with Crippen molar-refractivity contribution >= 4 is 29.6 Å². The topological polar surface area (TPSA) is 200 Å². The number of carbonyl (C=O) groups excluding carboxylic acids is 4. The smallest absolute Gasteiger partial charge is 0.322 e. The summed E-state index contributed by atoms with van der Waals surface area (Å²) < 4.78 is 5.08. The Morgan fingerprint density at radius 3 is 1.97 bits per heavy atom. The molecule has 1 aliphatic rings. The molecule has 196 valence electrons. The highest BCUT2D eigenvalue weighted by molar-refractivity contribution is 5.98. The number of phenols is 1. The Balaban J connectivity index is 1.70. The number of carbonyl (C=O) groups is 5. The Morgan fingerprint density at radius 1 is 0.865 bits per heavy atom. The van der Waals surface area contributed by atoms with Crippen molar-refractivity contribution < 1.29 is 38.9 Å². The fourth-order valence-corrected chi connectivity index (χ4v) is 3.56. The summed E-state index contributed by atoms with van der Waals surface area (Å²) in [6.45, 7) is 1.28. The largest absolute Gasteiger partial charge is 0.508 e. The average Bonchev–Trinajstić information content (AvgIpc) is 3.65. The molecule has 12 nitrogen and oxygen atoms in total. The number of hydrogen-bond acceptors (Lipinski definition) is 7. The molecule has 0 bridgehead atoms. The van der Waals surface area contributed by atoms with E-state index >= 15 is 0 Å². The summed E-state index contributed by atoms with van der Waals surface area (Å²) in [6, 6.07) is 11.1. The van der Waals surface area contributed by atoms with Crippen molar-refractivity contribution in [1.29, 1.82) is 0 Å². The van der Waals surface area contributed by atoms with Gasteiger partial charge in [-0.3, -0.25) is 24.0 Å². The molecule has 4 atom stereocenters. The molecule has 1 aliphatic heterocycles. The number of aliphatic carboxylic acids is 1. The van der Waals surface area contributed by atoms with Gasteiger partial charge in [0.2, 0.25) is 11.8 Å². The Labute approximate surface area is 212 Å². The number of aromatic hydroxyl groups is 1. The van der Waals surface area contributed by atoms with Crippen LogP contribution < -0.4 is 21.7 Å². The van der Waals surface area contributed by atoms with Gasteiger partial charge in [0.25, 0.3) is 11.8 Å². The molecule has 2 aromatic rings. The second-order valence-electron chi connectivity index (χ2n) is 8.67. The molecule has 0 aliphatic carbocycles. The molecule has 7 N–H and O–H groups in total. The van der Waals surface area contributed by atoms with Gasteiger partial charge >= 0.3 is 5.97 Å². The van der Waals surface area contributed by atoms with Crippen LogP contribution in [0.3, 0.4) is 0 Å². The van der Waals surface area contributed by atoms with Gasteiger partial charge in [-0.15, -0.1) is 0 Å². The number of benzene rings is 2. The van der Waals surface area contributed by atoms with Crippen molar-refractivity contribution in [2.45, 2.75) is 44.1 Å². The lowest BCUT2D eigenvalue weighted by Crippen LogP contribution is -2.55. The Hall–Kier alpha value is -4.45. The van der Waals surface area contributed by atoms with E-state index in [0.717, 1.165) is 11.1 Å². The van der Waals surface area contributed by atoms with E-state index in [0.29, 0.717) is 5.56 Å². The number of hydrogen-bond donors (Lipinski definition) is 6. The first-order chi connectivity index (χ1) is 17.5. The molecule has 0 radical (unpaired) electrons. The molecule has 1 saturated heterocycles. The van der Waals surface area contributed by atoms with Crippen molar-refractivity contribution in [2.75, 3.05) is 6.54 Å². The maximum atomic E-state index is 13.2. The Kier molecular flexibility index (Phi) is 8.80. The third-order valence-corrected chi connectivity index (χ3v) is 5.65. The second-order valence-corrected chi connectivity index (χ2v) is 8.67. The predicted molar refractivity (Wildman–Crippen MR) is 129 cm³/mol. The minimum absolute atomic E-state index is 0.0431. The van der Waals surface area contributed by atoms with Crippen LogP contribution >= 0.6 is 0 Å². The number of rotatable bonds is 12. The average molecular weight is 513 g/mol. The van der Waals surface area contributed by atoms with Gasteiger partial charge < -0.3 is 36.6 Å². The zero-order valence-corrected chi connectivity index (χ0v) is 20.0. The number of epoxide rings is 1. The van der Waals surface area contributed by atoms with Crippen molar-refractivity contribution in [3.05, 3.63) is 65.2 Å². The lowest BCUT2D eigenvalue weighted by molar-refractivity contribution is -0.138. The minimum Gasteiger partial charge on any atom is -0.508 e. The molecule has 12 heteroatoms. The van der Waals surface area contributed by atoms with E-state index in [4.69, 9.17) is 15.6 Å². The molecule has 2 aromatic carbocycles. The van der Waals surface area contributed by atoms with E-state index < -0.39 is 60.4 Å². The van der Waals surface area contributed by atoms with Crippen LogP contribution in [-0.4, -0.2) is 70.6 Å². The van der Waals surface area contributed by atoms with Gasteiger partial charge in [0.1, 0.15) is 24.4 Å². The zero-order valence-electron chi connectivity index (χ0n) is 20.0. The van der Waals surface area contributed by atoms with Crippen molar-refractivity contribution in [2.24, 2.45) is 5.73 Å². The van der Waals surface area contributed by atoms with Gasteiger partial charge in [-0.1, -0.05) is 42.0 Å². The molecular weight excluding hydrogens is 484 g/mol. The number of amides is 4. The summed E-state index contributed by atoms with van der Waals surface area (Å²) in [6.07, 6.45) is -2.23. The highest BCUT2D eigenvalue weighted by Gasteiger charge is 2.51. The number of carboxylic acids is 1.